The van der Waals surface area contributed by atoms with Gasteiger partial charge in [-0.15, -0.1) is 24.8 Å². The summed E-state index contributed by atoms with van der Waals surface area (Å²) in [6.07, 6.45) is 2.20. The first-order chi connectivity index (χ1) is 5.68. The maximum absolute atomic E-state index is 9.34. The summed E-state index contributed by atoms with van der Waals surface area (Å²) in [5, 5.41) is 12.7. The highest BCUT2D eigenvalue weighted by Crippen LogP contribution is 2.28. The zero-order chi connectivity index (χ0) is 9.03. The molecule has 0 aromatic heterocycles. The van der Waals surface area contributed by atoms with E-state index in [0.717, 1.165) is 32.5 Å². The molecule has 0 bridgehead atoms. The van der Waals surface area contributed by atoms with Gasteiger partial charge in [-0.2, -0.15) is 0 Å². The number of aliphatic hydroxyl groups is 1. The van der Waals surface area contributed by atoms with Gasteiger partial charge in [0.25, 0.3) is 0 Å². The fourth-order valence-electron chi connectivity index (χ4n) is 1.99. The number of nitrogens with zero attached hydrogens (tertiary/aromatic N) is 1. The molecule has 3 nitrogen and oxygen atoms in total. The number of halogens is 2. The average molecular weight is 245 g/mol. The first kappa shape index (κ1) is 16.9. The Balaban J connectivity index is 0. The van der Waals surface area contributed by atoms with Crippen LogP contribution in [0.3, 0.4) is 0 Å². The predicted octanol–water partition coefficient (Wildman–Crippen LogP) is 0.754. The van der Waals surface area contributed by atoms with Crippen LogP contribution in [0.4, 0.5) is 0 Å². The van der Waals surface area contributed by atoms with Gasteiger partial charge in [-0.05, 0) is 40.0 Å². The van der Waals surface area contributed by atoms with Crippen LogP contribution >= 0.6 is 24.8 Å². The molecule has 14 heavy (non-hydrogen) atoms. The molecule has 0 amide bonds. The molecule has 0 unspecified atom stereocenters. The molecule has 2 N–H and O–H groups in total. The lowest BCUT2D eigenvalue weighted by Crippen LogP contribution is -2.45. The molecule has 1 aliphatic heterocycles. The van der Waals surface area contributed by atoms with Crippen LogP contribution in [-0.4, -0.2) is 50.3 Å². The van der Waals surface area contributed by atoms with E-state index < -0.39 is 0 Å². The van der Waals surface area contributed by atoms with Crippen LogP contribution in [0, 0.1) is 5.41 Å². The van der Waals surface area contributed by atoms with Crippen LogP contribution in [0.1, 0.15) is 12.8 Å². The minimum Gasteiger partial charge on any atom is -0.396 e. The predicted molar refractivity (Wildman–Crippen MR) is 64.7 cm³/mol. The number of rotatable bonds is 3. The Kier molecular flexibility index (Phi) is 9.30. The van der Waals surface area contributed by atoms with Gasteiger partial charge in [-0.25, -0.2) is 0 Å². The van der Waals surface area contributed by atoms with Crippen LogP contribution in [-0.2, 0) is 0 Å². The second-order valence-electron chi connectivity index (χ2n) is 4.15. The van der Waals surface area contributed by atoms with Crippen molar-refractivity contribution in [3.05, 3.63) is 0 Å². The number of aliphatic hydroxyl groups excluding tert-OH is 1. The van der Waals surface area contributed by atoms with Crippen molar-refractivity contribution in [2.75, 3.05) is 40.3 Å². The van der Waals surface area contributed by atoms with Crippen molar-refractivity contribution in [2.24, 2.45) is 5.41 Å². The van der Waals surface area contributed by atoms with E-state index in [1.807, 2.05) is 0 Å². The molecule has 0 aliphatic carbocycles. The number of nitrogens with one attached hydrogen (secondary N) is 1. The van der Waals surface area contributed by atoms with Gasteiger partial charge in [-0.3, -0.25) is 0 Å². The van der Waals surface area contributed by atoms with Gasteiger partial charge in [0.2, 0.25) is 0 Å². The quantitative estimate of drug-likeness (QED) is 0.770. The topological polar surface area (TPSA) is 35.5 Å². The number of hydrogen-bond donors (Lipinski definition) is 2. The van der Waals surface area contributed by atoms with E-state index in [4.69, 9.17) is 0 Å². The monoisotopic (exact) mass is 244 g/mol. The zero-order valence-electron chi connectivity index (χ0n) is 8.95. The summed E-state index contributed by atoms with van der Waals surface area (Å²) in [6.45, 7) is 3.43. The van der Waals surface area contributed by atoms with Crippen LogP contribution in [0.25, 0.3) is 0 Å². The summed E-state index contributed by atoms with van der Waals surface area (Å²) in [6, 6.07) is 0. The van der Waals surface area contributed by atoms with E-state index in [-0.39, 0.29) is 30.2 Å². The SMILES string of the molecule is CN(C)CC1(CO)CCNCC1.Cl.Cl. The number of piperidine rings is 1. The summed E-state index contributed by atoms with van der Waals surface area (Å²) < 4.78 is 0. The molecule has 0 radical (unpaired) electrons. The molecule has 88 valence electrons. The van der Waals surface area contributed by atoms with Crippen molar-refractivity contribution in [1.82, 2.24) is 10.2 Å². The Bertz CT molecular complexity index is 139. The zero-order valence-corrected chi connectivity index (χ0v) is 10.6. The highest BCUT2D eigenvalue weighted by molar-refractivity contribution is 5.85. The minimum atomic E-state index is 0. The Morgan fingerprint density at radius 1 is 1.21 bits per heavy atom. The third-order valence-corrected chi connectivity index (χ3v) is 2.65. The molecule has 0 aromatic rings. The second-order valence-corrected chi connectivity index (χ2v) is 4.15. The molecule has 1 rings (SSSR count). The summed E-state index contributed by atoms with van der Waals surface area (Å²) in [7, 11) is 4.14. The maximum atomic E-state index is 9.34. The Morgan fingerprint density at radius 3 is 2.07 bits per heavy atom. The van der Waals surface area contributed by atoms with Gasteiger partial charge in [0, 0.05) is 12.0 Å². The smallest absolute Gasteiger partial charge is 0.0500 e. The van der Waals surface area contributed by atoms with E-state index in [1.54, 1.807) is 0 Å². The van der Waals surface area contributed by atoms with E-state index in [2.05, 4.69) is 24.3 Å². The molecular formula is C9H22Cl2N2O. The lowest BCUT2D eigenvalue weighted by atomic mass is 9.79. The Morgan fingerprint density at radius 2 is 1.71 bits per heavy atom. The normalized spacial score (nSPS) is 19.7. The van der Waals surface area contributed by atoms with Crippen molar-refractivity contribution in [1.29, 1.82) is 0 Å². The molecular weight excluding hydrogens is 223 g/mol. The van der Waals surface area contributed by atoms with Crippen molar-refractivity contribution in [2.45, 2.75) is 12.8 Å². The van der Waals surface area contributed by atoms with Gasteiger partial charge in [0.1, 0.15) is 0 Å². The molecule has 0 aromatic carbocycles. The van der Waals surface area contributed by atoms with E-state index >= 15 is 0 Å². The largest absolute Gasteiger partial charge is 0.396 e. The van der Waals surface area contributed by atoms with E-state index in [9.17, 15) is 5.11 Å². The molecule has 0 spiro atoms. The Labute approximate surface area is 99.1 Å². The first-order valence-electron chi connectivity index (χ1n) is 4.65. The molecule has 1 fully saturated rings. The van der Waals surface area contributed by atoms with Crippen LogP contribution < -0.4 is 5.32 Å². The summed E-state index contributed by atoms with van der Waals surface area (Å²) in [4.78, 5) is 2.17. The summed E-state index contributed by atoms with van der Waals surface area (Å²) in [5.74, 6) is 0. The van der Waals surface area contributed by atoms with Gasteiger partial charge < -0.3 is 15.3 Å². The van der Waals surface area contributed by atoms with Crippen molar-refractivity contribution in [3.63, 3.8) is 0 Å². The van der Waals surface area contributed by atoms with E-state index in [0.29, 0.717) is 6.61 Å². The fraction of sp³-hybridized carbons (Fsp3) is 1.00. The summed E-state index contributed by atoms with van der Waals surface area (Å²) >= 11 is 0. The van der Waals surface area contributed by atoms with Gasteiger partial charge in [0.15, 0.2) is 0 Å². The Hall–Kier alpha value is 0.460. The fourth-order valence-corrected chi connectivity index (χ4v) is 1.99. The molecule has 1 heterocycles. The lowest BCUT2D eigenvalue weighted by Gasteiger charge is -2.38. The molecule has 5 heteroatoms. The van der Waals surface area contributed by atoms with E-state index in [1.165, 1.54) is 0 Å². The lowest BCUT2D eigenvalue weighted by molar-refractivity contribution is 0.0617. The maximum Gasteiger partial charge on any atom is 0.0500 e. The highest BCUT2D eigenvalue weighted by Gasteiger charge is 2.31. The van der Waals surface area contributed by atoms with Crippen LogP contribution in [0.5, 0.6) is 0 Å². The highest BCUT2D eigenvalue weighted by atomic mass is 35.5. The average Bonchev–Trinajstić information content (AvgIpc) is 2.05. The van der Waals surface area contributed by atoms with Crippen molar-refractivity contribution in [3.8, 4) is 0 Å². The van der Waals surface area contributed by atoms with Gasteiger partial charge in [0.05, 0.1) is 6.61 Å². The standard InChI is InChI=1S/C9H20N2O.2ClH/c1-11(2)7-9(8-12)3-5-10-6-4-9;;/h10,12H,3-8H2,1-2H3;2*1H. The van der Waals surface area contributed by atoms with Gasteiger partial charge in [-0.1, -0.05) is 0 Å². The number of hydrogen-bond acceptors (Lipinski definition) is 3. The van der Waals surface area contributed by atoms with Crippen molar-refractivity contribution >= 4 is 24.8 Å². The first-order valence-corrected chi connectivity index (χ1v) is 4.65. The third kappa shape index (κ3) is 4.80. The van der Waals surface area contributed by atoms with Crippen molar-refractivity contribution < 1.29 is 5.11 Å². The molecule has 1 aliphatic rings. The minimum absolute atomic E-state index is 0. The molecule has 0 atom stereocenters. The third-order valence-electron chi connectivity index (χ3n) is 2.65. The second kappa shape index (κ2) is 7.71. The van der Waals surface area contributed by atoms with Gasteiger partial charge >= 0.3 is 0 Å². The summed E-state index contributed by atoms with van der Waals surface area (Å²) in [5.41, 5.74) is 0.161. The molecule has 0 saturated carbocycles. The van der Waals surface area contributed by atoms with Crippen LogP contribution in [0.2, 0.25) is 0 Å². The van der Waals surface area contributed by atoms with Crippen LogP contribution in [0.15, 0.2) is 0 Å². The molecule has 1 saturated heterocycles.